The number of unbranched alkanes of at least 4 members (excludes halogenated alkanes) is 1. The van der Waals surface area contributed by atoms with Gasteiger partial charge in [-0.2, -0.15) is 0 Å². The predicted octanol–water partition coefficient (Wildman–Crippen LogP) is 5.68. The minimum Gasteiger partial charge on any atom is -0.349 e. The van der Waals surface area contributed by atoms with Gasteiger partial charge in [-0.25, -0.2) is 0 Å². The van der Waals surface area contributed by atoms with Crippen molar-refractivity contribution in [1.29, 1.82) is 0 Å². The van der Waals surface area contributed by atoms with Crippen molar-refractivity contribution in [3.05, 3.63) is 65.7 Å². The molecular weight excluding hydrogens is 336 g/mol. The van der Waals surface area contributed by atoms with E-state index in [9.17, 15) is 0 Å². The van der Waals surface area contributed by atoms with Crippen LogP contribution in [0.15, 0.2) is 54.6 Å². The first kappa shape index (κ1) is 18.9. The maximum absolute atomic E-state index is 5.64. The summed E-state index contributed by atoms with van der Waals surface area (Å²) in [6.07, 6.45) is 7.27. The second-order valence-electron chi connectivity index (χ2n) is 7.35. The number of piperidine rings is 1. The van der Waals surface area contributed by atoms with Crippen LogP contribution in [-0.4, -0.2) is 23.1 Å². The average molecular weight is 367 g/mol. The van der Waals surface area contributed by atoms with E-state index in [1.807, 2.05) is 0 Å². The van der Waals surface area contributed by atoms with E-state index in [-0.39, 0.29) is 0 Å². The number of thiocarbonyl (C=S) groups is 1. The lowest BCUT2D eigenvalue weighted by Crippen LogP contribution is -2.41. The van der Waals surface area contributed by atoms with Crippen molar-refractivity contribution in [3.8, 4) is 0 Å². The first-order chi connectivity index (χ1) is 12.7. The number of hydrogen-bond donors (Lipinski definition) is 1. The molecule has 1 saturated heterocycles. The highest BCUT2D eigenvalue weighted by Gasteiger charge is 2.21. The predicted molar refractivity (Wildman–Crippen MR) is 116 cm³/mol. The number of rotatable bonds is 6. The van der Waals surface area contributed by atoms with Crippen LogP contribution >= 0.6 is 12.2 Å². The summed E-state index contributed by atoms with van der Waals surface area (Å²) < 4.78 is 0. The van der Waals surface area contributed by atoms with Gasteiger partial charge >= 0.3 is 0 Å². The van der Waals surface area contributed by atoms with E-state index in [1.165, 1.54) is 43.2 Å². The molecule has 0 atom stereocenters. The third kappa shape index (κ3) is 5.57. The first-order valence-electron chi connectivity index (χ1n) is 9.93. The van der Waals surface area contributed by atoms with Gasteiger partial charge in [0.25, 0.3) is 0 Å². The molecule has 2 aromatic rings. The topological polar surface area (TPSA) is 15.3 Å². The zero-order chi connectivity index (χ0) is 18.2. The molecule has 0 aromatic heterocycles. The minimum absolute atomic E-state index is 0.772. The maximum atomic E-state index is 5.64. The van der Waals surface area contributed by atoms with Crippen molar-refractivity contribution in [2.24, 2.45) is 5.92 Å². The molecule has 0 amide bonds. The lowest BCUT2D eigenvalue weighted by Gasteiger charge is -2.34. The SMILES string of the molecule is CCCCc1ccc(NC(=S)N2CCC(Cc3ccccc3)CC2)cc1. The van der Waals surface area contributed by atoms with Crippen molar-refractivity contribution in [2.75, 3.05) is 18.4 Å². The second kappa shape index (κ2) is 9.72. The van der Waals surface area contributed by atoms with E-state index in [2.05, 4.69) is 71.7 Å². The largest absolute Gasteiger partial charge is 0.349 e. The summed E-state index contributed by atoms with van der Waals surface area (Å²) in [5.41, 5.74) is 3.96. The zero-order valence-electron chi connectivity index (χ0n) is 15.8. The number of hydrogen-bond acceptors (Lipinski definition) is 1. The lowest BCUT2D eigenvalue weighted by molar-refractivity contribution is 0.268. The molecule has 2 nitrogen and oxygen atoms in total. The van der Waals surface area contributed by atoms with E-state index in [0.717, 1.165) is 36.2 Å². The third-order valence-electron chi connectivity index (χ3n) is 5.29. The number of likely N-dealkylation sites (tertiary alicyclic amines) is 1. The van der Waals surface area contributed by atoms with Gasteiger partial charge in [0.15, 0.2) is 5.11 Å². The molecular formula is C23H30N2S. The van der Waals surface area contributed by atoms with E-state index in [4.69, 9.17) is 12.2 Å². The number of anilines is 1. The average Bonchev–Trinajstić information content (AvgIpc) is 2.69. The molecule has 1 heterocycles. The van der Waals surface area contributed by atoms with Crippen LogP contribution in [0.4, 0.5) is 5.69 Å². The van der Waals surface area contributed by atoms with E-state index < -0.39 is 0 Å². The van der Waals surface area contributed by atoms with Gasteiger partial charge in [0, 0.05) is 18.8 Å². The van der Waals surface area contributed by atoms with Crippen LogP contribution in [0.3, 0.4) is 0 Å². The van der Waals surface area contributed by atoms with Crippen LogP contribution in [0.25, 0.3) is 0 Å². The fraction of sp³-hybridized carbons (Fsp3) is 0.435. The summed E-state index contributed by atoms with van der Waals surface area (Å²) in [6, 6.07) is 19.6. The van der Waals surface area contributed by atoms with Crippen molar-refractivity contribution in [2.45, 2.75) is 45.4 Å². The Morgan fingerprint density at radius 1 is 1.00 bits per heavy atom. The maximum Gasteiger partial charge on any atom is 0.173 e. The molecule has 3 heteroatoms. The Balaban J connectivity index is 1.44. The Labute approximate surface area is 163 Å². The van der Waals surface area contributed by atoms with Gasteiger partial charge < -0.3 is 10.2 Å². The Morgan fingerprint density at radius 3 is 2.35 bits per heavy atom. The van der Waals surface area contributed by atoms with Crippen molar-refractivity contribution < 1.29 is 0 Å². The Kier molecular flexibility index (Phi) is 7.07. The van der Waals surface area contributed by atoms with Gasteiger partial charge in [0.2, 0.25) is 0 Å². The van der Waals surface area contributed by atoms with Crippen LogP contribution in [0.1, 0.15) is 43.7 Å². The minimum atomic E-state index is 0.772. The highest BCUT2D eigenvalue weighted by Crippen LogP contribution is 2.22. The lowest BCUT2D eigenvalue weighted by atomic mass is 9.90. The van der Waals surface area contributed by atoms with E-state index in [1.54, 1.807) is 0 Å². The molecule has 1 N–H and O–H groups in total. The van der Waals surface area contributed by atoms with Gasteiger partial charge in [-0.1, -0.05) is 55.8 Å². The quantitative estimate of drug-likeness (QED) is 0.662. The molecule has 1 aliphatic heterocycles. The van der Waals surface area contributed by atoms with Crippen LogP contribution in [0, 0.1) is 5.92 Å². The van der Waals surface area contributed by atoms with Crippen molar-refractivity contribution in [1.82, 2.24) is 4.90 Å². The molecule has 0 spiro atoms. The summed E-state index contributed by atoms with van der Waals surface area (Å²) in [7, 11) is 0. The molecule has 0 unspecified atom stereocenters. The van der Waals surface area contributed by atoms with Crippen LogP contribution in [0.5, 0.6) is 0 Å². The number of benzene rings is 2. The van der Waals surface area contributed by atoms with Crippen LogP contribution < -0.4 is 5.32 Å². The number of nitrogens with one attached hydrogen (secondary N) is 1. The van der Waals surface area contributed by atoms with Crippen molar-refractivity contribution in [3.63, 3.8) is 0 Å². The fourth-order valence-corrected chi connectivity index (χ4v) is 3.93. The molecule has 1 aliphatic rings. The standard InChI is InChI=1S/C23H30N2S/c1-2-3-7-19-10-12-22(13-11-19)24-23(26)25-16-14-21(15-17-25)18-20-8-5-4-6-9-20/h4-6,8-13,21H,2-3,7,14-18H2,1H3,(H,24,26). The van der Waals surface area contributed by atoms with Crippen LogP contribution in [0.2, 0.25) is 0 Å². The van der Waals surface area contributed by atoms with Gasteiger partial charge in [-0.05, 0) is 73.5 Å². The highest BCUT2D eigenvalue weighted by molar-refractivity contribution is 7.80. The summed E-state index contributed by atoms with van der Waals surface area (Å²) in [5.74, 6) is 0.772. The van der Waals surface area contributed by atoms with Gasteiger partial charge in [-0.15, -0.1) is 0 Å². The Hall–Kier alpha value is -1.87. The molecule has 26 heavy (non-hydrogen) atoms. The molecule has 138 valence electrons. The van der Waals surface area contributed by atoms with Gasteiger partial charge in [0.1, 0.15) is 0 Å². The van der Waals surface area contributed by atoms with Crippen LogP contribution in [-0.2, 0) is 12.8 Å². The molecule has 0 aliphatic carbocycles. The van der Waals surface area contributed by atoms with E-state index in [0.29, 0.717) is 0 Å². The second-order valence-corrected chi connectivity index (χ2v) is 7.74. The third-order valence-corrected chi connectivity index (χ3v) is 5.65. The summed E-state index contributed by atoms with van der Waals surface area (Å²) in [4.78, 5) is 2.32. The molecule has 1 fully saturated rings. The normalized spacial score (nSPS) is 15.0. The summed E-state index contributed by atoms with van der Waals surface area (Å²) >= 11 is 5.64. The molecule has 0 saturated carbocycles. The molecule has 2 aromatic carbocycles. The van der Waals surface area contributed by atoms with E-state index >= 15 is 0 Å². The smallest absolute Gasteiger partial charge is 0.173 e. The molecule has 0 bridgehead atoms. The number of aryl methyl sites for hydroxylation is 1. The Morgan fingerprint density at radius 2 is 1.69 bits per heavy atom. The zero-order valence-corrected chi connectivity index (χ0v) is 16.6. The monoisotopic (exact) mass is 366 g/mol. The highest BCUT2D eigenvalue weighted by atomic mass is 32.1. The molecule has 0 radical (unpaired) electrons. The fourth-order valence-electron chi connectivity index (χ4n) is 3.63. The number of nitrogens with zero attached hydrogens (tertiary/aromatic N) is 1. The first-order valence-corrected chi connectivity index (χ1v) is 10.3. The molecule has 3 rings (SSSR count). The summed E-state index contributed by atoms with van der Waals surface area (Å²) in [6.45, 7) is 4.34. The summed E-state index contributed by atoms with van der Waals surface area (Å²) in [5, 5.41) is 4.28. The van der Waals surface area contributed by atoms with Gasteiger partial charge in [0.05, 0.1) is 0 Å². The van der Waals surface area contributed by atoms with Gasteiger partial charge in [-0.3, -0.25) is 0 Å². The van der Waals surface area contributed by atoms with Crippen molar-refractivity contribution >= 4 is 23.0 Å². The Bertz CT molecular complexity index is 673.